The third-order valence-electron chi connectivity index (χ3n) is 3.09. The molecule has 0 saturated heterocycles. The fourth-order valence-corrected chi connectivity index (χ4v) is 2.17. The molecule has 3 rings (SSSR count). The quantitative estimate of drug-likeness (QED) is 0.751. The van der Waals surface area contributed by atoms with Gasteiger partial charge in [-0.1, -0.05) is 18.2 Å². The summed E-state index contributed by atoms with van der Waals surface area (Å²) in [6, 6.07) is 11.2. The van der Waals surface area contributed by atoms with E-state index < -0.39 is 0 Å². The Morgan fingerprint density at radius 1 is 1.11 bits per heavy atom. The normalized spacial score (nSPS) is 11.0. The van der Waals surface area contributed by atoms with Gasteiger partial charge in [-0.3, -0.25) is 0 Å². The average molecular weight is 253 g/mol. The minimum absolute atomic E-state index is 0.284. The van der Waals surface area contributed by atoms with Gasteiger partial charge < -0.3 is 15.2 Å². The van der Waals surface area contributed by atoms with Gasteiger partial charge in [0.25, 0.3) is 0 Å². The van der Waals surface area contributed by atoms with Gasteiger partial charge in [0.2, 0.25) is 0 Å². The van der Waals surface area contributed by atoms with Crippen LogP contribution in [0.1, 0.15) is 16.8 Å². The SMILES string of the molecule is NCc1ccc2nc(Cc3cccc(O)c3)cn2c1. The van der Waals surface area contributed by atoms with E-state index in [4.69, 9.17) is 5.73 Å². The van der Waals surface area contributed by atoms with Crippen molar-refractivity contribution in [2.75, 3.05) is 0 Å². The lowest BCUT2D eigenvalue weighted by molar-refractivity contribution is 0.474. The smallest absolute Gasteiger partial charge is 0.137 e. The lowest BCUT2D eigenvalue weighted by Gasteiger charge is -1.98. The minimum atomic E-state index is 0.284. The van der Waals surface area contributed by atoms with Crippen molar-refractivity contribution in [3.05, 3.63) is 65.6 Å². The number of aromatic nitrogens is 2. The summed E-state index contributed by atoms with van der Waals surface area (Å²) in [6.07, 6.45) is 4.70. The highest BCUT2D eigenvalue weighted by atomic mass is 16.3. The van der Waals surface area contributed by atoms with Gasteiger partial charge in [-0.25, -0.2) is 4.98 Å². The molecule has 4 nitrogen and oxygen atoms in total. The summed E-state index contributed by atoms with van der Waals surface area (Å²) in [5.74, 6) is 0.284. The number of hydrogen-bond acceptors (Lipinski definition) is 3. The molecule has 4 heteroatoms. The highest BCUT2D eigenvalue weighted by molar-refractivity contribution is 5.42. The van der Waals surface area contributed by atoms with Crippen LogP contribution in [0, 0.1) is 0 Å². The summed E-state index contributed by atoms with van der Waals surface area (Å²) in [4.78, 5) is 4.55. The van der Waals surface area contributed by atoms with Gasteiger partial charge in [-0.2, -0.15) is 0 Å². The number of fused-ring (bicyclic) bond motifs is 1. The molecular weight excluding hydrogens is 238 g/mol. The maximum Gasteiger partial charge on any atom is 0.137 e. The molecule has 0 aliphatic heterocycles. The van der Waals surface area contributed by atoms with Crippen LogP contribution in [0.15, 0.2) is 48.8 Å². The number of phenolic OH excluding ortho intramolecular Hbond substituents is 1. The topological polar surface area (TPSA) is 63.5 Å². The Kier molecular flexibility index (Phi) is 2.93. The second-order valence-electron chi connectivity index (χ2n) is 4.59. The van der Waals surface area contributed by atoms with Crippen LogP contribution in [0.4, 0.5) is 0 Å². The van der Waals surface area contributed by atoms with Crippen LogP contribution in [0.2, 0.25) is 0 Å². The zero-order valence-electron chi connectivity index (χ0n) is 10.5. The van der Waals surface area contributed by atoms with E-state index in [0.717, 1.165) is 22.5 Å². The van der Waals surface area contributed by atoms with E-state index in [9.17, 15) is 5.11 Å². The van der Waals surface area contributed by atoms with Crippen molar-refractivity contribution in [3.8, 4) is 5.75 Å². The maximum atomic E-state index is 9.46. The Labute approximate surface area is 111 Å². The van der Waals surface area contributed by atoms with Gasteiger partial charge in [0.15, 0.2) is 0 Å². The molecule has 0 atom stereocenters. The third kappa shape index (κ3) is 2.44. The predicted octanol–water partition coefficient (Wildman–Crippen LogP) is 2.09. The van der Waals surface area contributed by atoms with Crippen LogP contribution in [-0.2, 0) is 13.0 Å². The van der Waals surface area contributed by atoms with Crippen molar-refractivity contribution in [3.63, 3.8) is 0 Å². The molecule has 0 aliphatic rings. The number of rotatable bonds is 3. The molecule has 3 N–H and O–H groups in total. The van der Waals surface area contributed by atoms with Crippen LogP contribution in [0.5, 0.6) is 5.75 Å². The monoisotopic (exact) mass is 253 g/mol. The van der Waals surface area contributed by atoms with Crippen molar-refractivity contribution in [2.45, 2.75) is 13.0 Å². The first-order chi connectivity index (χ1) is 9.24. The molecule has 0 amide bonds. The molecule has 0 unspecified atom stereocenters. The molecule has 96 valence electrons. The second-order valence-corrected chi connectivity index (χ2v) is 4.59. The lowest BCUT2D eigenvalue weighted by atomic mass is 10.1. The van der Waals surface area contributed by atoms with E-state index in [-0.39, 0.29) is 5.75 Å². The summed E-state index contributed by atoms with van der Waals surface area (Å²) in [5, 5.41) is 9.46. The number of phenols is 1. The molecular formula is C15H15N3O. The van der Waals surface area contributed by atoms with Crippen LogP contribution in [0.3, 0.4) is 0 Å². The van der Waals surface area contributed by atoms with Crippen molar-refractivity contribution < 1.29 is 5.11 Å². The number of nitrogens with zero attached hydrogens (tertiary/aromatic N) is 2. The lowest BCUT2D eigenvalue weighted by Crippen LogP contribution is -1.97. The van der Waals surface area contributed by atoms with E-state index >= 15 is 0 Å². The Bertz CT molecular complexity index is 718. The molecule has 0 aliphatic carbocycles. The van der Waals surface area contributed by atoms with Crippen LogP contribution in [-0.4, -0.2) is 14.5 Å². The van der Waals surface area contributed by atoms with Gasteiger partial charge in [-0.15, -0.1) is 0 Å². The third-order valence-corrected chi connectivity index (χ3v) is 3.09. The van der Waals surface area contributed by atoms with Gasteiger partial charge in [0.1, 0.15) is 11.4 Å². The number of imidazole rings is 1. The van der Waals surface area contributed by atoms with E-state index in [2.05, 4.69) is 4.98 Å². The number of pyridine rings is 1. The summed E-state index contributed by atoms with van der Waals surface area (Å²) >= 11 is 0. The van der Waals surface area contributed by atoms with Crippen LogP contribution < -0.4 is 5.73 Å². The summed E-state index contributed by atoms with van der Waals surface area (Å²) in [6.45, 7) is 0.524. The number of aromatic hydroxyl groups is 1. The molecule has 2 aromatic heterocycles. The van der Waals surface area contributed by atoms with Crippen LogP contribution in [0.25, 0.3) is 5.65 Å². The van der Waals surface area contributed by atoms with Gasteiger partial charge in [0, 0.05) is 25.4 Å². The molecule has 3 aromatic rings. The highest BCUT2D eigenvalue weighted by Crippen LogP contribution is 2.15. The molecule has 0 radical (unpaired) electrons. The molecule has 0 bridgehead atoms. The van der Waals surface area contributed by atoms with Crippen molar-refractivity contribution in [1.29, 1.82) is 0 Å². The molecule has 0 saturated carbocycles. The first-order valence-electron chi connectivity index (χ1n) is 6.19. The molecule has 2 heterocycles. The maximum absolute atomic E-state index is 9.46. The zero-order valence-corrected chi connectivity index (χ0v) is 10.5. The summed E-state index contributed by atoms with van der Waals surface area (Å²) < 4.78 is 1.99. The van der Waals surface area contributed by atoms with Crippen molar-refractivity contribution in [2.24, 2.45) is 5.73 Å². The summed E-state index contributed by atoms with van der Waals surface area (Å²) in [7, 11) is 0. The van der Waals surface area contributed by atoms with E-state index in [1.165, 1.54) is 0 Å². The average Bonchev–Trinajstić information content (AvgIpc) is 2.79. The number of benzene rings is 1. The van der Waals surface area contributed by atoms with Crippen molar-refractivity contribution >= 4 is 5.65 Å². The van der Waals surface area contributed by atoms with E-state index in [1.54, 1.807) is 12.1 Å². The summed E-state index contributed by atoms with van der Waals surface area (Å²) in [5.41, 5.74) is 9.63. The molecule has 0 spiro atoms. The van der Waals surface area contributed by atoms with Crippen LogP contribution >= 0.6 is 0 Å². The fraction of sp³-hybridized carbons (Fsp3) is 0.133. The van der Waals surface area contributed by atoms with E-state index in [0.29, 0.717) is 13.0 Å². The van der Waals surface area contributed by atoms with Gasteiger partial charge in [0.05, 0.1) is 5.69 Å². The van der Waals surface area contributed by atoms with E-state index in [1.807, 2.05) is 41.1 Å². The Balaban J connectivity index is 1.93. The fourth-order valence-electron chi connectivity index (χ4n) is 2.17. The first kappa shape index (κ1) is 11.7. The van der Waals surface area contributed by atoms with Gasteiger partial charge >= 0.3 is 0 Å². The zero-order chi connectivity index (χ0) is 13.2. The number of nitrogens with two attached hydrogens (primary N) is 1. The number of hydrogen-bond donors (Lipinski definition) is 2. The Morgan fingerprint density at radius 2 is 2.00 bits per heavy atom. The molecule has 1 aromatic carbocycles. The minimum Gasteiger partial charge on any atom is -0.508 e. The predicted molar refractivity (Wildman–Crippen MR) is 74.0 cm³/mol. The van der Waals surface area contributed by atoms with Crippen molar-refractivity contribution in [1.82, 2.24) is 9.38 Å². The second kappa shape index (κ2) is 4.74. The first-order valence-corrected chi connectivity index (χ1v) is 6.19. The Hall–Kier alpha value is -2.33. The Morgan fingerprint density at radius 3 is 2.79 bits per heavy atom. The molecule has 19 heavy (non-hydrogen) atoms. The standard InChI is InChI=1S/C15H15N3O/c16-8-12-4-5-15-17-13(10-18(15)9-12)6-11-2-1-3-14(19)7-11/h1-5,7,9-10,19H,6,8,16H2. The van der Waals surface area contributed by atoms with Gasteiger partial charge in [-0.05, 0) is 29.3 Å². The highest BCUT2D eigenvalue weighted by Gasteiger charge is 2.04. The largest absolute Gasteiger partial charge is 0.508 e. The molecule has 0 fully saturated rings.